The number of hydrazone groups is 1. The molecule has 0 aliphatic rings. The summed E-state index contributed by atoms with van der Waals surface area (Å²) in [6.45, 7) is 2.51. The summed E-state index contributed by atoms with van der Waals surface area (Å²) in [5.74, 6) is 1.36. The predicted molar refractivity (Wildman–Crippen MR) is 85.2 cm³/mol. The minimum Gasteiger partial charge on any atom is -0.493 e. The van der Waals surface area contributed by atoms with E-state index in [9.17, 15) is 0 Å². The Balaban J connectivity index is 2.16. The summed E-state index contributed by atoms with van der Waals surface area (Å²) in [4.78, 5) is 4.08. The van der Waals surface area contributed by atoms with Crippen LogP contribution in [0.1, 0.15) is 12.5 Å². The Bertz CT molecular complexity index is 588. The molecule has 0 atom stereocenters. The minimum atomic E-state index is 0.577. The van der Waals surface area contributed by atoms with Crippen LogP contribution in [0.15, 0.2) is 33.3 Å². The summed E-state index contributed by atoms with van der Waals surface area (Å²) in [5, 5.41) is 6.76. The van der Waals surface area contributed by atoms with Crippen LogP contribution in [0.3, 0.4) is 0 Å². The smallest absolute Gasteiger partial charge is 0.203 e. The van der Waals surface area contributed by atoms with E-state index < -0.39 is 0 Å². The lowest BCUT2D eigenvalue weighted by molar-refractivity contribution is 0.309. The average Bonchev–Trinajstić information content (AvgIpc) is 2.94. The molecule has 0 aliphatic heterocycles. The van der Waals surface area contributed by atoms with Crippen LogP contribution in [0.2, 0.25) is 0 Å². The molecule has 0 bridgehead atoms. The SMILES string of the molecule is CCOc1c(Br)cc(/C=N\Nc2nccs2)cc1OC. The van der Waals surface area contributed by atoms with Crippen LogP contribution in [0, 0.1) is 0 Å². The van der Waals surface area contributed by atoms with Gasteiger partial charge in [-0.15, -0.1) is 11.3 Å². The monoisotopic (exact) mass is 355 g/mol. The first kappa shape index (κ1) is 14.8. The summed E-state index contributed by atoms with van der Waals surface area (Å²) in [5.41, 5.74) is 3.75. The van der Waals surface area contributed by atoms with Crippen molar-refractivity contribution in [2.45, 2.75) is 6.92 Å². The van der Waals surface area contributed by atoms with Gasteiger partial charge in [-0.05, 0) is 40.5 Å². The Morgan fingerprint density at radius 3 is 3.00 bits per heavy atom. The molecule has 0 unspecified atom stereocenters. The van der Waals surface area contributed by atoms with Crippen molar-refractivity contribution >= 4 is 38.6 Å². The number of nitrogens with zero attached hydrogens (tertiary/aromatic N) is 2. The molecule has 0 fully saturated rings. The van der Waals surface area contributed by atoms with E-state index in [1.54, 1.807) is 19.5 Å². The van der Waals surface area contributed by atoms with Gasteiger partial charge < -0.3 is 9.47 Å². The summed E-state index contributed by atoms with van der Waals surface area (Å²) in [7, 11) is 1.61. The normalized spacial score (nSPS) is 10.8. The van der Waals surface area contributed by atoms with Crippen LogP contribution in [-0.2, 0) is 0 Å². The van der Waals surface area contributed by atoms with Crippen molar-refractivity contribution in [3.8, 4) is 11.5 Å². The Morgan fingerprint density at radius 1 is 1.50 bits per heavy atom. The average molecular weight is 356 g/mol. The van der Waals surface area contributed by atoms with Gasteiger partial charge in [-0.1, -0.05) is 0 Å². The zero-order valence-corrected chi connectivity index (χ0v) is 13.5. The summed E-state index contributed by atoms with van der Waals surface area (Å²) in [6.07, 6.45) is 3.42. The van der Waals surface area contributed by atoms with Crippen molar-refractivity contribution < 1.29 is 9.47 Å². The van der Waals surface area contributed by atoms with E-state index in [1.165, 1.54) is 11.3 Å². The molecule has 0 saturated carbocycles. The van der Waals surface area contributed by atoms with E-state index in [1.807, 2.05) is 24.4 Å². The second-order valence-corrected chi connectivity index (χ2v) is 5.42. The number of anilines is 1. The molecule has 2 aromatic rings. The molecule has 106 valence electrons. The molecule has 2 rings (SSSR count). The maximum Gasteiger partial charge on any atom is 0.203 e. The fourth-order valence-corrected chi connectivity index (χ4v) is 2.59. The first-order valence-corrected chi connectivity index (χ1v) is 7.60. The molecular formula is C13H14BrN3O2S. The molecule has 5 nitrogen and oxygen atoms in total. The molecule has 1 aromatic carbocycles. The molecule has 0 saturated heterocycles. The quantitative estimate of drug-likeness (QED) is 0.633. The molecule has 0 spiro atoms. The lowest BCUT2D eigenvalue weighted by Crippen LogP contribution is -1.98. The van der Waals surface area contributed by atoms with Gasteiger partial charge in [-0.2, -0.15) is 5.10 Å². The topological polar surface area (TPSA) is 55.7 Å². The Morgan fingerprint density at radius 2 is 2.35 bits per heavy atom. The number of hydrogen-bond acceptors (Lipinski definition) is 6. The summed E-state index contributed by atoms with van der Waals surface area (Å²) >= 11 is 4.96. The Hall–Kier alpha value is -1.60. The number of aromatic nitrogens is 1. The van der Waals surface area contributed by atoms with Crippen LogP contribution in [-0.4, -0.2) is 24.9 Å². The van der Waals surface area contributed by atoms with Gasteiger partial charge in [0.1, 0.15) is 0 Å². The molecule has 20 heavy (non-hydrogen) atoms. The number of benzene rings is 1. The van der Waals surface area contributed by atoms with Gasteiger partial charge >= 0.3 is 0 Å². The third-order valence-electron chi connectivity index (χ3n) is 2.35. The number of halogens is 1. The highest BCUT2D eigenvalue weighted by Crippen LogP contribution is 2.36. The molecular weight excluding hydrogens is 342 g/mol. The maximum absolute atomic E-state index is 5.54. The van der Waals surface area contributed by atoms with Crippen molar-refractivity contribution in [3.05, 3.63) is 33.7 Å². The van der Waals surface area contributed by atoms with Crippen molar-refractivity contribution in [2.24, 2.45) is 5.10 Å². The maximum atomic E-state index is 5.54. The highest BCUT2D eigenvalue weighted by molar-refractivity contribution is 9.10. The molecule has 1 N–H and O–H groups in total. The predicted octanol–water partition coefficient (Wildman–Crippen LogP) is 3.76. The number of rotatable bonds is 6. The molecule has 7 heteroatoms. The van der Waals surface area contributed by atoms with Crippen molar-refractivity contribution in [1.29, 1.82) is 0 Å². The van der Waals surface area contributed by atoms with Gasteiger partial charge in [0.05, 0.1) is 24.4 Å². The molecule has 0 radical (unpaired) electrons. The van der Waals surface area contributed by atoms with Crippen LogP contribution in [0.4, 0.5) is 5.13 Å². The number of nitrogens with one attached hydrogen (secondary N) is 1. The van der Waals surface area contributed by atoms with Gasteiger partial charge in [0.2, 0.25) is 5.13 Å². The molecule has 1 aromatic heterocycles. The summed E-state index contributed by atoms with van der Waals surface area (Å²) in [6, 6.07) is 3.78. The fourth-order valence-electron chi connectivity index (χ4n) is 1.54. The van der Waals surface area contributed by atoms with Crippen molar-refractivity contribution in [2.75, 3.05) is 19.1 Å². The Kier molecular flexibility index (Phi) is 5.37. The first-order valence-electron chi connectivity index (χ1n) is 5.93. The van der Waals surface area contributed by atoms with Gasteiger partial charge in [0.25, 0.3) is 0 Å². The lowest BCUT2D eigenvalue weighted by atomic mass is 10.2. The Labute approximate surface area is 129 Å². The van der Waals surface area contributed by atoms with Gasteiger partial charge in [-0.3, -0.25) is 5.43 Å². The largest absolute Gasteiger partial charge is 0.493 e. The first-order chi connectivity index (χ1) is 9.74. The van der Waals surface area contributed by atoms with E-state index in [-0.39, 0.29) is 0 Å². The van der Waals surface area contributed by atoms with E-state index >= 15 is 0 Å². The van der Waals surface area contributed by atoms with Gasteiger partial charge in [0, 0.05) is 11.6 Å². The molecule has 0 amide bonds. The van der Waals surface area contributed by atoms with E-state index in [2.05, 4.69) is 31.4 Å². The van der Waals surface area contributed by atoms with E-state index in [4.69, 9.17) is 9.47 Å². The number of ether oxygens (including phenoxy) is 2. The second-order valence-electron chi connectivity index (χ2n) is 3.67. The number of hydrogen-bond donors (Lipinski definition) is 1. The third kappa shape index (κ3) is 3.71. The fraction of sp³-hybridized carbons (Fsp3) is 0.231. The lowest BCUT2D eigenvalue weighted by Gasteiger charge is -2.11. The van der Waals surface area contributed by atoms with Crippen LogP contribution < -0.4 is 14.9 Å². The van der Waals surface area contributed by atoms with Crippen LogP contribution in [0.5, 0.6) is 11.5 Å². The van der Waals surface area contributed by atoms with Crippen LogP contribution in [0.25, 0.3) is 0 Å². The second kappa shape index (κ2) is 7.25. The van der Waals surface area contributed by atoms with E-state index in [0.29, 0.717) is 18.1 Å². The number of methoxy groups -OCH3 is 1. The zero-order valence-electron chi connectivity index (χ0n) is 11.1. The van der Waals surface area contributed by atoms with Gasteiger partial charge in [-0.25, -0.2) is 4.98 Å². The summed E-state index contributed by atoms with van der Waals surface area (Å²) < 4.78 is 11.7. The molecule has 0 aliphatic carbocycles. The van der Waals surface area contributed by atoms with Crippen molar-refractivity contribution in [1.82, 2.24) is 4.98 Å². The third-order valence-corrected chi connectivity index (χ3v) is 3.61. The standard InChI is InChI=1S/C13H14BrN3O2S/c1-3-19-12-10(14)6-9(7-11(12)18-2)8-16-17-13-15-4-5-20-13/h4-8H,3H2,1-2H3,(H,15,17)/b16-8-. The van der Waals surface area contributed by atoms with Gasteiger partial charge in [0.15, 0.2) is 11.5 Å². The highest BCUT2D eigenvalue weighted by Gasteiger charge is 2.10. The highest BCUT2D eigenvalue weighted by atomic mass is 79.9. The van der Waals surface area contributed by atoms with E-state index in [0.717, 1.165) is 15.2 Å². The van der Waals surface area contributed by atoms with Crippen LogP contribution >= 0.6 is 27.3 Å². The minimum absolute atomic E-state index is 0.577. The molecule has 1 heterocycles. The van der Waals surface area contributed by atoms with Crippen molar-refractivity contribution in [3.63, 3.8) is 0 Å². The zero-order chi connectivity index (χ0) is 14.4. The number of thiazole rings is 1.